The first-order valence-corrected chi connectivity index (χ1v) is 9.40. The van der Waals surface area contributed by atoms with Crippen molar-refractivity contribution in [3.8, 4) is 18.0 Å². The minimum atomic E-state index is -0.541. The maximum Gasteiger partial charge on any atom is 0.275 e. The summed E-state index contributed by atoms with van der Waals surface area (Å²) in [6.07, 6.45) is 8.83. The summed E-state index contributed by atoms with van der Waals surface area (Å²) in [6, 6.07) is 8.89. The molecule has 5 nitrogen and oxygen atoms in total. The van der Waals surface area contributed by atoms with Crippen LogP contribution in [0.2, 0.25) is 5.02 Å². The smallest absolute Gasteiger partial charge is 0.275 e. The molecule has 0 spiro atoms. The highest BCUT2D eigenvalue weighted by Gasteiger charge is 2.20. The van der Waals surface area contributed by atoms with Crippen molar-refractivity contribution >= 4 is 49.1 Å². The van der Waals surface area contributed by atoms with E-state index in [4.69, 9.17) is 18.0 Å². The number of benzene rings is 1. The first-order valence-electron chi connectivity index (χ1n) is 8.20. The summed E-state index contributed by atoms with van der Waals surface area (Å²) in [6.45, 7) is 3.82. The number of nitrogens with zero attached hydrogens (tertiary/aromatic N) is 3. The van der Waals surface area contributed by atoms with Gasteiger partial charge in [-0.1, -0.05) is 17.5 Å². The van der Waals surface area contributed by atoms with E-state index in [1.165, 1.54) is 22.2 Å². The van der Waals surface area contributed by atoms with Crippen LogP contribution in [0.25, 0.3) is 26.1 Å². The number of aromatic nitrogens is 3. The lowest BCUT2D eigenvalue weighted by Crippen LogP contribution is -2.28. The summed E-state index contributed by atoms with van der Waals surface area (Å²) in [5, 5.41) is 4.74. The van der Waals surface area contributed by atoms with Crippen LogP contribution in [0.4, 0.5) is 5.69 Å². The van der Waals surface area contributed by atoms with Crippen molar-refractivity contribution in [2.75, 3.05) is 5.32 Å². The second kappa shape index (κ2) is 6.38. The van der Waals surface area contributed by atoms with E-state index in [-0.39, 0.29) is 5.56 Å². The van der Waals surface area contributed by atoms with Crippen LogP contribution >= 0.6 is 22.9 Å². The highest BCUT2D eigenvalue weighted by molar-refractivity contribution is 7.25. The predicted molar refractivity (Wildman–Crippen MR) is 112 cm³/mol. The van der Waals surface area contributed by atoms with E-state index < -0.39 is 5.54 Å². The van der Waals surface area contributed by atoms with Crippen molar-refractivity contribution in [3.05, 3.63) is 58.2 Å². The summed E-state index contributed by atoms with van der Waals surface area (Å²) in [4.78, 5) is 22.8. The van der Waals surface area contributed by atoms with Gasteiger partial charge in [0, 0.05) is 16.9 Å². The van der Waals surface area contributed by atoms with E-state index >= 15 is 0 Å². The maximum absolute atomic E-state index is 13.1. The number of anilines is 1. The lowest BCUT2D eigenvalue weighted by atomic mass is 10.1. The third-order valence-electron chi connectivity index (χ3n) is 4.19. The van der Waals surface area contributed by atoms with E-state index in [1.54, 1.807) is 30.5 Å². The van der Waals surface area contributed by atoms with Gasteiger partial charge in [0.15, 0.2) is 0 Å². The first kappa shape index (κ1) is 17.5. The van der Waals surface area contributed by atoms with Crippen molar-refractivity contribution in [1.29, 1.82) is 0 Å². The molecule has 3 aromatic heterocycles. The molecule has 4 rings (SSSR count). The molecule has 0 saturated heterocycles. The average molecular weight is 395 g/mol. The molecule has 134 valence electrons. The van der Waals surface area contributed by atoms with Gasteiger partial charge in [0.25, 0.3) is 5.56 Å². The van der Waals surface area contributed by atoms with Crippen molar-refractivity contribution in [3.63, 3.8) is 0 Å². The molecule has 0 unspecified atom stereocenters. The van der Waals surface area contributed by atoms with Gasteiger partial charge in [0.2, 0.25) is 0 Å². The van der Waals surface area contributed by atoms with E-state index in [9.17, 15) is 4.79 Å². The molecule has 0 saturated carbocycles. The zero-order valence-corrected chi connectivity index (χ0v) is 16.2. The van der Waals surface area contributed by atoms with Crippen molar-refractivity contribution in [2.24, 2.45) is 0 Å². The lowest BCUT2D eigenvalue weighted by Gasteiger charge is -2.21. The van der Waals surface area contributed by atoms with E-state index in [0.29, 0.717) is 20.9 Å². The van der Waals surface area contributed by atoms with Gasteiger partial charge in [0.1, 0.15) is 15.9 Å². The number of terminal acetylenes is 1. The molecule has 7 heteroatoms. The maximum atomic E-state index is 13.1. The number of thiophene rings is 1. The Bertz CT molecular complexity index is 1270. The molecule has 1 N–H and O–H groups in total. The Labute approximate surface area is 164 Å². The van der Waals surface area contributed by atoms with Crippen LogP contribution in [-0.2, 0) is 0 Å². The molecule has 3 heterocycles. The van der Waals surface area contributed by atoms with Crippen LogP contribution in [0, 0.1) is 12.3 Å². The highest BCUT2D eigenvalue weighted by Crippen LogP contribution is 2.35. The Kier molecular flexibility index (Phi) is 4.14. The van der Waals surface area contributed by atoms with Crippen molar-refractivity contribution in [1.82, 2.24) is 14.5 Å². The summed E-state index contributed by atoms with van der Waals surface area (Å²) in [7, 11) is 0. The fourth-order valence-corrected chi connectivity index (χ4v) is 3.99. The van der Waals surface area contributed by atoms with Crippen molar-refractivity contribution in [2.45, 2.75) is 19.4 Å². The fraction of sp³-hybridized carbons (Fsp3) is 0.150. The summed E-state index contributed by atoms with van der Waals surface area (Å²) in [5.74, 6) is 2.72. The number of hydrogen-bond donors (Lipinski definition) is 1. The number of hydrogen-bond acceptors (Lipinski definition) is 5. The Balaban J connectivity index is 1.95. The second-order valence-corrected chi connectivity index (χ2v) is 8.04. The molecule has 0 bridgehead atoms. The number of pyridine rings is 1. The topological polar surface area (TPSA) is 59.8 Å². The van der Waals surface area contributed by atoms with E-state index in [1.807, 2.05) is 19.9 Å². The molecule has 0 aliphatic carbocycles. The fourth-order valence-electron chi connectivity index (χ4n) is 2.82. The third-order valence-corrected chi connectivity index (χ3v) is 5.52. The van der Waals surface area contributed by atoms with Gasteiger partial charge < -0.3 is 5.32 Å². The van der Waals surface area contributed by atoms with Crippen LogP contribution in [-0.4, -0.2) is 20.1 Å². The Morgan fingerprint density at radius 3 is 2.67 bits per heavy atom. The molecule has 0 radical (unpaired) electrons. The van der Waals surface area contributed by atoms with Crippen molar-refractivity contribution < 1.29 is 0 Å². The van der Waals surface area contributed by atoms with Gasteiger partial charge in [-0.15, -0.1) is 17.8 Å². The van der Waals surface area contributed by atoms with Crippen LogP contribution < -0.4 is 10.9 Å². The standard InChI is InChI=1S/C20H15ClN4OS/c1-4-20(2,3)24-14-9-10-22-18-15(14)16-17(27-18)19(26)25(11-23-16)13-7-5-12(21)6-8-13/h1,5-11H,2-3H3,(H,22,24). The van der Waals surface area contributed by atoms with Gasteiger partial charge >= 0.3 is 0 Å². The summed E-state index contributed by atoms with van der Waals surface area (Å²) in [5.41, 5.74) is 1.45. The zero-order valence-electron chi connectivity index (χ0n) is 14.7. The minimum Gasteiger partial charge on any atom is -0.369 e. The van der Waals surface area contributed by atoms with Gasteiger partial charge in [0.05, 0.1) is 22.1 Å². The minimum absolute atomic E-state index is 0.146. The molecule has 0 atom stereocenters. The molecule has 0 amide bonds. The van der Waals surface area contributed by atoms with Gasteiger partial charge in [-0.3, -0.25) is 9.36 Å². The predicted octanol–water partition coefficient (Wildman–Crippen LogP) is 4.47. The Hall–Kier alpha value is -2.88. The molecular weight excluding hydrogens is 380 g/mol. The Morgan fingerprint density at radius 2 is 1.96 bits per heavy atom. The molecule has 0 aliphatic rings. The zero-order chi connectivity index (χ0) is 19.2. The second-order valence-electron chi connectivity index (χ2n) is 6.61. The largest absolute Gasteiger partial charge is 0.369 e. The monoisotopic (exact) mass is 394 g/mol. The highest BCUT2D eigenvalue weighted by atomic mass is 35.5. The van der Waals surface area contributed by atoms with Gasteiger partial charge in [-0.2, -0.15) is 0 Å². The molecule has 0 fully saturated rings. The Morgan fingerprint density at radius 1 is 1.22 bits per heavy atom. The number of fused-ring (bicyclic) bond motifs is 3. The van der Waals surface area contributed by atoms with Crippen LogP contribution in [0.1, 0.15) is 13.8 Å². The summed E-state index contributed by atoms with van der Waals surface area (Å²) >= 11 is 7.26. The lowest BCUT2D eigenvalue weighted by molar-refractivity contribution is 0.743. The van der Waals surface area contributed by atoms with E-state index in [0.717, 1.165) is 15.9 Å². The molecule has 4 aromatic rings. The first-order chi connectivity index (χ1) is 12.9. The molecule has 1 aromatic carbocycles. The molecule has 0 aliphatic heterocycles. The quantitative estimate of drug-likeness (QED) is 0.521. The number of rotatable bonds is 3. The van der Waals surface area contributed by atoms with E-state index in [2.05, 4.69) is 21.2 Å². The van der Waals surface area contributed by atoms with Crippen LogP contribution in [0.5, 0.6) is 0 Å². The number of nitrogens with one attached hydrogen (secondary N) is 1. The van der Waals surface area contributed by atoms with Gasteiger partial charge in [-0.25, -0.2) is 9.97 Å². The van der Waals surface area contributed by atoms with Crippen LogP contribution in [0.3, 0.4) is 0 Å². The summed E-state index contributed by atoms with van der Waals surface area (Å²) < 4.78 is 2.05. The molecular formula is C20H15ClN4OS. The SMILES string of the molecule is C#CC(C)(C)Nc1ccnc2sc3c(=O)n(-c4ccc(Cl)cc4)cnc3c12. The third kappa shape index (κ3) is 3.05. The number of halogens is 1. The molecule has 27 heavy (non-hydrogen) atoms. The van der Waals surface area contributed by atoms with Crippen LogP contribution in [0.15, 0.2) is 47.7 Å². The normalized spacial score (nSPS) is 11.6. The average Bonchev–Trinajstić information content (AvgIpc) is 3.03. The van der Waals surface area contributed by atoms with Gasteiger partial charge in [-0.05, 0) is 44.2 Å².